The predicted octanol–water partition coefficient (Wildman–Crippen LogP) is 1.97. The van der Waals surface area contributed by atoms with Gasteiger partial charge in [0.1, 0.15) is 5.82 Å². The Bertz CT molecular complexity index is 542. The summed E-state index contributed by atoms with van der Waals surface area (Å²) in [5, 5.41) is 0. The molecule has 1 fully saturated rings. The molecule has 1 unspecified atom stereocenters. The van der Waals surface area contributed by atoms with E-state index in [1.54, 1.807) is 4.90 Å². The largest absolute Gasteiger partial charge is 0.449 e. The van der Waals surface area contributed by atoms with Crippen molar-refractivity contribution in [2.45, 2.75) is 32.3 Å². The van der Waals surface area contributed by atoms with Crippen LogP contribution in [-0.2, 0) is 9.53 Å². The number of amides is 1. The lowest BCUT2D eigenvalue weighted by molar-refractivity contribution is -0.140. The second kappa shape index (κ2) is 6.56. The van der Waals surface area contributed by atoms with Crippen LogP contribution < -0.4 is 5.73 Å². The molecular weight excluding hydrogens is 275 g/mol. The number of nitrogen functional groups attached to an aromatic ring is 1. The molecule has 114 valence electrons. The summed E-state index contributed by atoms with van der Waals surface area (Å²) in [6, 6.07) is 3.66. The van der Waals surface area contributed by atoms with Gasteiger partial charge in [-0.2, -0.15) is 0 Å². The average Bonchev–Trinajstić information content (AvgIpc) is 2.49. The number of esters is 1. The van der Waals surface area contributed by atoms with Gasteiger partial charge in [-0.25, -0.2) is 9.18 Å². The zero-order valence-corrected chi connectivity index (χ0v) is 12.0. The molecule has 1 aromatic carbocycles. The van der Waals surface area contributed by atoms with E-state index in [9.17, 15) is 14.0 Å². The van der Waals surface area contributed by atoms with Gasteiger partial charge in [0.15, 0.2) is 6.10 Å². The summed E-state index contributed by atoms with van der Waals surface area (Å²) in [6.07, 6.45) is 2.08. The number of anilines is 1. The Morgan fingerprint density at radius 2 is 1.95 bits per heavy atom. The van der Waals surface area contributed by atoms with Gasteiger partial charge in [0.05, 0.1) is 5.56 Å². The van der Waals surface area contributed by atoms with Gasteiger partial charge in [-0.05, 0) is 44.4 Å². The minimum absolute atomic E-state index is 0.243. The van der Waals surface area contributed by atoms with Crippen molar-refractivity contribution in [3.05, 3.63) is 29.6 Å². The first kappa shape index (κ1) is 15.3. The maximum atomic E-state index is 13.6. The molecule has 1 atom stereocenters. The highest BCUT2D eigenvalue weighted by molar-refractivity contribution is 5.93. The lowest BCUT2D eigenvalue weighted by Gasteiger charge is -2.28. The number of likely N-dealkylation sites (tertiary alicyclic amines) is 1. The number of piperidine rings is 1. The van der Waals surface area contributed by atoms with Crippen molar-refractivity contribution in [2.24, 2.45) is 0 Å². The van der Waals surface area contributed by atoms with E-state index in [1.807, 2.05) is 0 Å². The van der Waals surface area contributed by atoms with Crippen molar-refractivity contribution in [3.8, 4) is 0 Å². The number of nitrogens with two attached hydrogens (primary N) is 1. The van der Waals surface area contributed by atoms with Crippen LogP contribution in [0.3, 0.4) is 0 Å². The fourth-order valence-electron chi connectivity index (χ4n) is 2.35. The van der Waals surface area contributed by atoms with Crippen LogP contribution in [0.25, 0.3) is 0 Å². The Labute approximate surface area is 122 Å². The van der Waals surface area contributed by atoms with Crippen molar-refractivity contribution in [2.75, 3.05) is 18.8 Å². The molecule has 2 N–H and O–H groups in total. The minimum atomic E-state index is -0.934. The second-order valence-corrected chi connectivity index (χ2v) is 5.17. The molecule has 1 aliphatic heterocycles. The summed E-state index contributed by atoms with van der Waals surface area (Å²) in [5.74, 6) is -1.84. The van der Waals surface area contributed by atoms with E-state index in [-0.39, 0.29) is 17.2 Å². The fourth-order valence-corrected chi connectivity index (χ4v) is 2.35. The zero-order valence-electron chi connectivity index (χ0n) is 12.0. The monoisotopic (exact) mass is 294 g/mol. The number of ether oxygens (including phenoxy) is 1. The van der Waals surface area contributed by atoms with E-state index < -0.39 is 17.9 Å². The SMILES string of the molecule is CC(OC(=O)c1cc(N)ccc1F)C(=O)N1CCCCC1. The summed E-state index contributed by atoms with van der Waals surface area (Å²) in [7, 11) is 0. The molecule has 1 heterocycles. The first-order chi connectivity index (χ1) is 9.99. The number of carbonyl (C=O) groups is 2. The van der Waals surface area contributed by atoms with Crippen LogP contribution in [0.4, 0.5) is 10.1 Å². The topological polar surface area (TPSA) is 72.6 Å². The minimum Gasteiger partial charge on any atom is -0.449 e. The van der Waals surface area contributed by atoms with Gasteiger partial charge in [0.2, 0.25) is 0 Å². The van der Waals surface area contributed by atoms with Gasteiger partial charge >= 0.3 is 5.97 Å². The van der Waals surface area contributed by atoms with E-state index >= 15 is 0 Å². The maximum absolute atomic E-state index is 13.6. The van der Waals surface area contributed by atoms with E-state index in [0.29, 0.717) is 13.1 Å². The summed E-state index contributed by atoms with van der Waals surface area (Å²) in [5.41, 5.74) is 5.53. The van der Waals surface area contributed by atoms with E-state index in [4.69, 9.17) is 10.5 Å². The van der Waals surface area contributed by atoms with Crippen molar-refractivity contribution < 1.29 is 18.7 Å². The van der Waals surface area contributed by atoms with Crippen LogP contribution in [0.2, 0.25) is 0 Å². The predicted molar refractivity (Wildman–Crippen MR) is 76.1 cm³/mol. The Hall–Kier alpha value is -2.11. The number of nitrogens with zero attached hydrogens (tertiary/aromatic N) is 1. The zero-order chi connectivity index (χ0) is 15.4. The van der Waals surface area contributed by atoms with Crippen LogP contribution in [-0.4, -0.2) is 36.0 Å². The van der Waals surface area contributed by atoms with Crippen LogP contribution in [0.1, 0.15) is 36.5 Å². The smallest absolute Gasteiger partial charge is 0.341 e. The maximum Gasteiger partial charge on any atom is 0.341 e. The van der Waals surface area contributed by atoms with Crippen LogP contribution in [0.15, 0.2) is 18.2 Å². The third-order valence-electron chi connectivity index (χ3n) is 3.51. The van der Waals surface area contributed by atoms with Gasteiger partial charge in [0.25, 0.3) is 5.91 Å². The first-order valence-corrected chi connectivity index (χ1v) is 7.04. The Kier molecular flexibility index (Phi) is 4.77. The highest BCUT2D eigenvalue weighted by atomic mass is 19.1. The summed E-state index contributed by atoms with van der Waals surface area (Å²) in [6.45, 7) is 2.85. The summed E-state index contributed by atoms with van der Waals surface area (Å²) in [4.78, 5) is 25.8. The molecule has 5 nitrogen and oxygen atoms in total. The van der Waals surface area contributed by atoms with Gasteiger partial charge in [-0.3, -0.25) is 4.79 Å². The highest BCUT2D eigenvalue weighted by Gasteiger charge is 2.26. The molecule has 0 radical (unpaired) electrons. The fraction of sp³-hybridized carbons (Fsp3) is 0.467. The molecule has 21 heavy (non-hydrogen) atoms. The standard InChI is InChI=1S/C15H19FN2O3/c1-10(14(19)18-7-3-2-4-8-18)21-15(20)12-9-11(17)5-6-13(12)16/h5-6,9-10H,2-4,7-8,17H2,1H3. The van der Waals surface area contributed by atoms with Crippen molar-refractivity contribution in [1.82, 2.24) is 4.90 Å². The Morgan fingerprint density at radius 3 is 2.62 bits per heavy atom. The first-order valence-electron chi connectivity index (χ1n) is 7.04. The molecule has 6 heteroatoms. The molecular formula is C15H19FN2O3. The second-order valence-electron chi connectivity index (χ2n) is 5.17. The number of carbonyl (C=O) groups excluding carboxylic acids is 2. The van der Waals surface area contributed by atoms with E-state index in [1.165, 1.54) is 19.1 Å². The van der Waals surface area contributed by atoms with Crippen molar-refractivity contribution in [3.63, 3.8) is 0 Å². The number of rotatable bonds is 3. The Balaban J connectivity index is 2.01. The Morgan fingerprint density at radius 1 is 1.29 bits per heavy atom. The molecule has 1 aliphatic rings. The van der Waals surface area contributed by atoms with Gasteiger partial charge < -0.3 is 15.4 Å². The van der Waals surface area contributed by atoms with Crippen LogP contribution in [0, 0.1) is 5.82 Å². The summed E-state index contributed by atoms with van der Waals surface area (Å²) >= 11 is 0. The third-order valence-corrected chi connectivity index (χ3v) is 3.51. The molecule has 1 amide bonds. The van der Waals surface area contributed by atoms with Gasteiger partial charge in [-0.15, -0.1) is 0 Å². The lowest BCUT2D eigenvalue weighted by atomic mass is 10.1. The van der Waals surface area contributed by atoms with Crippen molar-refractivity contribution >= 4 is 17.6 Å². The lowest BCUT2D eigenvalue weighted by Crippen LogP contribution is -2.42. The van der Waals surface area contributed by atoms with E-state index in [0.717, 1.165) is 25.3 Å². The quantitative estimate of drug-likeness (QED) is 0.683. The highest BCUT2D eigenvalue weighted by Crippen LogP contribution is 2.16. The normalized spacial score (nSPS) is 16.4. The van der Waals surface area contributed by atoms with Crippen LogP contribution >= 0.6 is 0 Å². The number of halogens is 1. The molecule has 1 saturated heterocycles. The van der Waals surface area contributed by atoms with Crippen molar-refractivity contribution in [1.29, 1.82) is 0 Å². The van der Waals surface area contributed by atoms with Gasteiger partial charge in [-0.1, -0.05) is 0 Å². The molecule has 1 aromatic rings. The molecule has 0 bridgehead atoms. The molecule has 0 spiro atoms. The average molecular weight is 294 g/mol. The molecule has 0 saturated carbocycles. The van der Waals surface area contributed by atoms with Crippen LogP contribution in [0.5, 0.6) is 0 Å². The van der Waals surface area contributed by atoms with E-state index in [2.05, 4.69) is 0 Å². The number of benzene rings is 1. The number of hydrogen-bond acceptors (Lipinski definition) is 4. The third kappa shape index (κ3) is 3.71. The number of hydrogen-bond donors (Lipinski definition) is 1. The molecule has 0 aliphatic carbocycles. The molecule has 0 aromatic heterocycles. The summed E-state index contributed by atoms with van der Waals surface area (Å²) < 4.78 is 18.6. The molecule has 2 rings (SSSR count). The van der Waals surface area contributed by atoms with Gasteiger partial charge in [0, 0.05) is 18.8 Å².